The first-order valence-electron chi connectivity index (χ1n) is 16.2. The second-order valence-corrected chi connectivity index (χ2v) is 13.3. The summed E-state index contributed by atoms with van der Waals surface area (Å²) in [5.74, 6) is 0. The number of nitrogens with zero attached hydrogens (tertiary/aromatic N) is 2. The van der Waals surface area contributed by atoms with Gasteiger partial charge in [0.2, 0.25) is 6.71 Å². The average molecular weight is 587 g/mol. The Kier molecular flexibility index (Phi) is 5.18. The summed E-state index contributed by atoms with van der Waals surface area (Å²) >= 11 is 0. The predicted molar refractivity (Wildman–Crippen MR) is 196 cm³/mol. The summed E-state index contributed by atoms with van der Waals surface area (Å²) in [5, 5.41) is 5.17. The number of fused-ring (bicyclic) bond motifs is 9. The molecule has 2 aliphatic rings. The van der Waals surface area contributed by atoms with E-state index in [0.717, 1.165) is 0 Å². The molecule has 1 aromatic heterocycles. The van der Waals surface area contributed by atoms with Gasteiger partial charge < -0.3 is 9.47 Å². The number of anilines is 3. The average Bonchev–Trinajstić information content (AvgIpc) is 3.44. The van der Waals surface area contributed by atoms with Crippen molar-refractivity contribution in [3.63, 3.8) is 0 Å². The van der Waals surface area contributed by atoms with Crippen LogP contribution in [0.2, 0.25) is 0 Å². The standard InChI is InChI=1S/C43H31BN2/c1-43(2)34-19-12-20-36-42(34)46(39-26-23-28-13-6-7-16-31(28)41(39)43)40-27-30(24-25-35(40)44(36)29-14-4-3-5-15-29)45-37-21-10-8-17-32(37)33-18-9-11-22-38(33)45/h3-27H,1-2H3. The molecule has 3 heterocycles. The van der Waals surface area contributed by atoms with E-state index >= 15 is 0 Å². The normalized spacial score (nSPS) is 14.4. The molecule has 216 valence electrons. The lowest BCUT2D eigenvalue weighted by atomic mass is 9.34. The van der Waals surface area contributed by atoms with Crippen LogP contribution in [-0.4, -0.2) is 11.3 Å². The molecule has 0 saturated heterocycles. The molecule has 2 nitrogen and oxygen atoms in total. The highest BCUT2D eigenvalue weighted by Crippen LogP contribution is 2.54. The van der Waals surface area contributed by atoms with Gasteiger partial charge in [-0.15, -0.1) is 0 Å². The van der Waals surface area contributed by atoms with Crippen molar-refractivity contribution >= 4 is 72.7 Å². The number of aromatic nitrogens is 1. The Bertz CT molecular complexity index is 2470. The van der Waals surface area contributed by atoms with Gasteiger partial charge in [-0.2, -0.15) is 0 Å². The van der Waals surface area contributed by atoms with E-state index in [2.05, 4.69) is 175 Å². The first kappa shape index (κ1) is 25.8. The van der Waals surface area contributed by atoms with Crippen molar-refractivity contribution in [3.05, 3.63) is 163 Å². The quantitative estimate of drug-likeness (QED) is 0.184. The van der Waals surface area contributed by atoms with Gasteiger partial charge in [0.25, 0.3) is 0 Å². The third-order valence-electron chi connectivity index (χ3n) is 10.6. The molecule has 0 atom stereocenters. The minimum Gasteiger partial charge on any atom is -0.311 e. The maximum absolute atomic E-state index is 2.59. The van der Waals surface area contributed by atoms with E-state index in [9.17, 15) is 0 Å². The Morgan fingerprint density at radius 1 is 0.522 bits per heavy atom. The van der Waals surface area contributed by atoms with Crippen LogP contribution < -0.4 is 21.3 Å². The van der Waals surface area contributed by atoms with Crippen molar-refractivity contribution in [2.75, 3.05) is 4.90 Å². The molecule has 7 aromatic carbocycles. The van der Waals surface area contributed by atoms with E-state index in [0.29, 0.717) is 0 Å². The smallest absolute Gasteiger partial charge is 0.246 e. The molecule has 0 fully saturated rings. The molecular formula is C43H31BN2. The lowest BCUT2D eigenvalue weighted by Gasteiger charge is -2.47. The van der Waals surface area contributed by atoms with E-state index in [4.69, 9.17) is 0 Å². The molecule has 0 saturated carbocycles. The highest BCUT2D eigenvalue weighted by atomic mass is 15.2. The fourth-order valence-electron chi connectivity index (χ4n) is 8.64. The summed E-state index contributed by atoms with van der Waals surface area (Å²) in [6.07, 6.45) is 0. The second-order valence-electron chi connectivity index (χ2n) is 13.3. The number of rotatable bonds is 2. The highest BCUT2D eigenvalue weighted by Gasteiger charge is 2.45. The summed E-state index contributed by atoms with van der Waals surface area (Å²) in [5.41, 5.74) is 14.1. The lowest BCUT2D eigenvalue weighted by molar-refractivity contribution is 0.638. The summed E-state index contributed by atoms with van der Waals surface area (Å²) in [6, 6.07) is 56.3. The molecule has 0 N–H and O–H groups in total. The van der Waals surface area contributed by atoms with Crippen LogP contribution in [0.3, 0.4) is 0 Å². The van der Waals surface area contributed by atoms with E-state index in [1.165, 1.54) is 82.8 Å². The van der Waals surface area contributed by atoms with Gasteiger partial charge in [0.1, 0.15) is 0 Å². The van der Waals surface area contributed by atoms with Gasteiger partial charge >= 0.3 is 0 Å². The third kappa shape index (κ3) is 3.32. The Labute approximate surface area is 269 Å². The molecular weight excluding hydrogens is 555 g/mol. The van der Waals surface area contributed by atoms with Gasteiger partial charge in [0, 0.05) is 33.2 Å². The zero-order valence-corrected chi connectivity index (χ0v) is 25.9. The third-order valence-corrected chi connectivity index (χ3v) is 10.6. The zero-order valence-electron chi connectivity index (χ0n) is 25.9. The minimum absolute atomic E-state index is 0.132. The van der Waals surface area contributed by atoms with Crippen molar-refractivity contribution in [1.29, 1.82) is 0 Å². The topological polar surface area (TPSA) is 8.17 Å². The van der Waals surface area contributed by atoms with Gasteiger partial charge in [-0.3, -0.25) is 0 Å². The van der Waals surface area contributed by atoms with Crippen LogP contribution in [0, 0.1) is 0 Å². The van der Waals surface area contributed by atoms with Crippen LogP contribution in [0.25, 0.3) is 38.3 Å². The summed E-state index contributed by atoms with van der Waals surface area (Å²) in [7, 11) is 0. The van der Waals surface area contributed by atoms with Crippen LogP contribution in [0.15, 0.2) is 152 Å². The fourth-order valence-corrected chi connectivity index (χ4v) is 8.64. The number of para-hydroxylation sites is 3. The number of hydrogen-bond donors (Lipinski definition) is 0. The molecule has 46 heavy (non-hydrogen) atoms. The minimum atomic E-state index is -0.179. The maximum Gasteiger partial charge on any atom is 0.246 e. The van der Waals surface area contributed by atoms with E-state index in [-0.39, 0.29) is 12.1 Å². The number of hydrogen-bond acceptors (Lipinski definition) is 1. The lowest BCUT2D eigenvalue weighted by Crippen LogP contribution is -2.58. The Morgan fingerprint density at radius 3 is 1.96 bits per heavy atom. The van der Waals surface area contributed by atoms with Gasteiger partial charge in [-0.1, -0.05) is 141 Å². The van der Waals surface area contributed by atoms with Gasteiger partial charge in [-0.05, 0) is 63.2 Å². The monoisotopic (exact) mass is 586 g/mol. The van der Waals surface area contributed by atoms with Gasteiger partial charge in [0.15, 0.2) is 0 Å². The Morgan fingerprint density at radius 2 is 1.20 bits per heavy atom. The maximum atomic E-state index is 2.59. The van der Waals surface area contributed by atoms with Crippen molar-refractivity contribution in [3.8, 4) is 5.69 Å². The molecule has 10 rings (SSSR count). The Balaban J connectivity index is 1.33. The van der Waals surface area contributed by atoms with E-state index in [1.54, 1.807) is 0 Å². The van der Waals surface area contributed by atoms with Crippen LogP contribution in [0.5, 0.6) is 0 Å². The molecule has 3 heteroatoms. The molecule has 0 aliphatic carbocycles. The molecule has 0 bridgehead atoms. The zero-order chi connectivity index (χ0) is 30.6. The van der Waals surface area contributed by atoms with Crippen LogP contribution in [0.1, 0.15) is 25.0 Å². The van der Waals surface area contributed by atoms with Crippen LogP contribution in [0.4, 0.5) is 17.1 Å². The second kappa shape index (κ2) is 9.25. The van der Waals surface area contributed by atoms with Crippen molar-refractivity contribution in [1.82, 2.24) is 4.57 Å². The van der Waals surface area contributed by atoms with Crippen LogP contribution >= 0.6 is 0 Å². The first-order valence-corrected chi connectivity index (χ1v) is 16.2. The summed E-state index contributed by atoms with van der Waals surface area (Å²) < 4.78 is 2.44. The molecule has 8 aromatic rings. The number of benzene rings is 7. The summed E-state index contributed by atoms with van der Waals surface area (Å²) in [6.45, 7) is 4.95. The van der Waals surface area contributed by atoms with E-state index in [1.807, 2.05) is 0 Å². The predicted octanol–water partition coefficient (Wildman–Crippen LogP) is 8.88. The van der Waals surface area contributed by atoms with Gasteiger partial charge in [-0.25, -0.2) is 0 Å². The van der Waals surface area contributed by atoms with Crippen molar-refractivity contribution in [2.24, 2.45) is 0 Å². The Hall–Kier alpha value is -5.54. The highest BCUT2D eigenvalue weighted by molar-refractivity contribution is 6.98. The van der Waals surface area contributed by atoms with E-state index < -0.39 is 0 Å². The fraction of sp³-hybridized carbons (Fsp3) is 0.0698. The molecule has 0 amide bonds. The van der Waals surface area contributed by atoms with Crippen LogP contribution in [-0.2, 0) is 5.41 Å². The summed E-state index contributed by atoms with van der Waals surface area (Å²) in [4.78, 5) is 2.59. The molecule has 2 aliphatic heterocycles. The van der Waals surface area contributed by atoms with Gasteiger partial charge in [0.05, 0.1) is 16.7 Å². The largest absolute Gasteiger partial charge is 0.311 e. The van der Waals surface area contributed by atoms with Crippen molar-refractivity contribution < 1.29 is 0 Å². The molecule has 0 spiro atoms. The SMILES string of the molecule is CC1(C)c2cccc3c2N(c2cc(-n4c5ccccc5c5ccccc54)ccc2B3c2ccccc2)c2ccc3ccccc3c21. The molecule has 0 radical (unpaired) electrons. The first-order chi connectivity index (χ1) is 22.6. The van der Waals surface area contributed by atoms with Crippen molar-refractivity contribution in [2.45, 2.75) is 19.3 Å². The molecule has 0 unspecified atom stereocenters.